The van der Waals surface area contributed by atoms with Crippen LogP contribution >= 0.6 is 0 Å². The highest BCUT2D eigenvalue weighted by Gasteiger charge is 2.32. The molecule has 0 bridgehead atoms. The van der Waals surface area contributed by atoms with Gasteiger partial charge in [-0.05, 0) is 36.1 Å². The Morgan fingerprint density at radius 2 is 1.82 bits per heavy atom. The lowest BCUT2D eigenvalue weighted by atomic mass is 10.1. The number of benzene rings is 2. The van der Waals surface area contributed by atoms with E-state index in [4.69, 9.17) is 4.74 Å². The number of carbonyl (C=O) groups is 1. The molecule has 2 amide bonds. The minimum absolute atomic E-state index is 0.0706. The van der Waals surface area contributed by atoms with Crippen LogP contribution in [0.2, 0.25) is 0 Å². The Balaban J connectivity index is 1.47. The molecule has 1 saturated heterocycles. The van der Waals surface area contributed by atoms with Crippen LogP contribution < -0.4 is 5.32 Å². The molecule has 1 fully saturated rings. The zero-order valence-electron chi connectivity index (χ0n) is 15.9. The number of carbonyl (C=O) groups excluding carboxylic acids is 1. The maximum atomic E-state index is 13.5. The molecule has 1 heterocycles. The molecule has 1 aliphatic heterocycles. The summed E-state index contributed by atoms with van der Waals surface area (Å²) >= 11 is 0. The quantitative estimate of drug-likeness (QED) is 0.700. The van der Waals surface area contributed by atoms with Crippen LogP contribution in [-0.4, -0.2) is 36.5 Å². The number of urea groups is 1. The maximum Gasteiger partial charge on any atom is 0.321 e. The molecule has 2 aromatic rings. The Morgan fingerprint density at radius 3 is 2.64 bits per heavy atom. The monoisotopic (exact) mass is 388 g/mol. The van der Waals surface area contributed by atoms with Crippen molar-refractivity contribution in [3.8, 4) is 0 Å². The van der Waals surface area contributed by atoms with E-state index in [0.29, 0.717) is 31.9 Å². The molecule has 1 N–H and O–H groups in total. The second kappa shape index (κ2) is 9.64. The second-order valence-electron chi connectivity index (χ2n) is 7.12. The van der Waals surface area contributed by atoms with Crippen molar-refractivity contribution in [2.75, 3.05) is 25.0 Å². The Kier molecular flexibility index (Phi) is 6.98. The molecule has 0 aliphatic carbocycles. The smallest absolute Gasteiger partial charge is 0.321 e. The fraction of sp³-hybridized carbons (Fsp3) is 0.409. The van der Waals surface area contributed by atoms with Gasteiger partial charge >= 0.3 is 6.03 Å². The molecule has 0 spiro atoms. The average Bonchev–Trinajstić information content (AvgIpc) is 2.87. The summed E-state index contributed by atoms with van der Waals surface area (Å²) in [6.45, 7) is 1.49. The van der Waals surface area contributed by atoms with Crippen molar-refractivity contribution in [2.45, 2.75) is 38.2 Å². The van der Waals surface area contributed by atoms with Gasteiger partial charge in [0.05, 0.1) is 13.2 Å². The van der Waals surface area contributed by atoms with Gasteiger partial charge in [-0.3, -0.25) is 0 Å². The molecule has 0 radical (unpaired) electrons. The van der Waals surface area contributed by atoms with Crippen LogP contribution in [0.4, 0.5) is 19.3 Å². The minimum atomic E-state index is -2.67. The lowest BCUT2D eigenvalue weighted by molar-refractivity contribution is -0.0121. The fourth-order valence-electron chi connectivity index (χ4n) is 3.23. The summed E-state index contributed by atoms with van der Waals surface area (Å²) in [5.74, 6) is -2.67. The van der Waals surface area contributed by atoms with E-state index in [1.54, 1.807) is 6.07 Å². The number of alkyl halides is 2. The molecule has 6 heteroatoms. The molecule has 0 unspecified atom stereocenters. The van der Waals surface area contributed by atoms with Gasteiger partial charge in [-0.15, -0.1) is 0 Å². The van der Waals surface area contributed by atoms with Gasteiger partial charge in [0, 0.05) is 31.6 Å². The Hall–Kier alpha value is -2.47. The maximum absolute atomic E-state index is 13.5. The van der Waals surface area contributed by atoms with E-state index in [1.807, 2.05) is 36.4 Å². The van der Waals surface area contributed by atoms with Crippen LogP contribution in [-0.2, 0) is 17.8 Å². The molecule has 0 aromatic heterocycles. The first-order valence-corrected chi connectivity index (χ1v) is 9.66. The van der Waals surface area contributed by atoms with E-state index in [2.05, 4.69) is 17.4 Å². The fourth-order valence-corrected chi connectivity index (χ4v) is 3.23. The summed E-state index contributed by atoms with van der Waals surface area (Å²) < 4.78 is 32.7. The van der Waals surface area contributed by atoms with E-state index < -0.39 is 5.92 Å². The molecular formula is C22H26F2N2O2. The Bertz CT molecular complexity index is 768. The molecule has 1 aliphatic rings. The molecule has 0 saturated carbocycles. The van der Waals surface area contributed by atoms with Gasteiger partial charge in [0.2, 0.25) is 5.92 Å². The summed E-state index contributed by atoms with van der Waals surface area (Å²) in [5.41, 5.74) is 2.82. The second-order valence-corrected chi connectivity index (χ2v) is 7.12. The Morgan fingerprint density at radius 1 is 1.04 bits per heavy atom. The predicted octanol–water partition coefficient (Wildman–Crippen LogP) is 5.10. The van der Waals surface area contributed by atoms with Crippen molar-refractivity contribution in [3.63, 3.8) is 0 Å². The number of ether oxygens (including phenoxy) is 1. The number of anilines is 1. The summed E-state index contributed by atoms with van der Waals surface area (Å²) in [4.78, 5) is 13.9. The van der Waals surface area contributed by atoms with Crippen molar-refractivity contribution < 1.29 is 18.3 Å². The first-order chi connectivity index (χ1) is 13.5. The minimum Gasteiger partial charge on any atom is -0.376 e. The van der Waals surface area contributed by atoms with Crippen molar-refractivity contribution >= 4 is 11.7 Å². The van der Waals surface area contributed by atoms with E-state index in [9.17, 15) is 13.6 Å². The molecule has 0 atom stereocenters. The van der Waals surface area contributed by atoms with Gasteiger partial charge in [0.25, 0.3) is 0 Å². The standard InChI is InChI=1S/C22H26F2N2O2/c23-22(24)11-5-13-26(14-12-22)21(27)25-20-9-4-8-19(16-20)17-28-15-10-18-6-2-1-3-7-18/h1-4,6-9,16H,5,10-15,17H2,(H,25,27). The number of amides is 2. The topological polar surface area (TPSA) is 41.6 Å². The third-order valence-corrected chi connectivity index (χ3v) is 4.83. The highest BCUT2D eigenvalue weighted by atomic mass is 19.3. The van der Waals surface area contributed by atoms with Crippen LogP contribution in [0.15, 0.2) is 54.6 Å². The van der Waals surface area contributed by atoms with E-state index >= 15 is 0 Å². The number of halogens is 2. The normalized spacial score (nSPS) is 16.4. The van der Waals surface area contributed by atoms with Gasteiger partial charge in [-0.1, -0.05) is 42.5 Å². The molecule has 3 rings (SSSR count). The average molecular weight is 388 g/mol. The SMILES string of the molecule is O=C(Nc1cccc(COCCc2ccccc2)c1)N1CCCC(F)(F)CC1. The van der Waals surface area contributed by atoms with E-state index in [0.717, 1.165) is 12.0 Å². The lowest BCUT2D eigenvalue weighted by Gasteiger charge is -2.21. The van der Waals surface area contributed by atoms with Crippen molar-refractivity contribution in [2.24, 2.45) is 0 Å². The van der Waals surface area contributed by atoms with Crippen LogP contribution in [0, 0.1) is 0 Å². The zero-order chi connectivity index (χ0) is 19.8. The number of hydrogen-bond donors (Lipinski definition) is 1. The third-order valence-electron chi connectivity index (χ3n) is 4.83. The largest absolute Gasteiger partial charge is 0.376 e. The third kappa shape index (κ3) is 6.30. The predicted molar refractivity (Wildman–Crippen MR) is 106 cm³/mol. The summed E-state index contributed by atoms with van der Waals surface area (Å²) in [6, 6.07) is 17.2. The molecule has 4 nitrogen and oxygen atoms in total. The van der Waals surface area contributed by atoms with Crippen LogP contribution in [0.1, 0.15) is 30.4 Å². The summed E-state index contributed by atoms with van der Waals surface area (Å²) in [7, 11) is 0. The van der Waals surface area contributed by atoms with Crippen molar-refractivity contribution in [1.82, 2.24) is 4.90 Å². The highest BCUT2D eigenvalue weighted by Crippen LogP contribution is 2.28. The van der Waals surface area contributed by atoms with E-state index in [-0.39, 0.29) is 25.4 Å². The molecule has 2 aromatic carbocycles. The lowest BCUT2D eigenvalue weighted by Crippen LogP contribution is -2.36. The Labute approximate surface area is 164 Å². The van der Waals surface area contributed by atoms with Crippen LogP contribution in [0.3, 0.4) is 0 Å². The van der Waals surface area contributed by atoms with E-state index in [1.165, 1.54) is 10.5 Å². The summed E-state index contributed by atoms with van der Waals surface area (Å²) in [6.07, 6.45) is 0.717. The number of rotatable bonds is 6. The van der Waals surface area contributed by atoms with Crippen molar-refractivity contribution in [3.05, 3.63) is 65.7 Å². The van der Waals surface area contributed by atoms with Gasteiger partial charge in [0.15, 0.2) is 0 Å². The number of nitrogens with one attached hydrogen (secondary N) is 1. The van der Waals surface area contributed by atoms with Gasteiger partial charge in [0.1, 0.15) is 0 Å². The van der Waals surface area contributed by atoms with Gasteiger partial charge in [-0.2, -0.15) is 0 Å². The molecule has 150 valence electrons. The zero-order valence-corrected chi connectivity index (χ0v) is 15.9. The summed E-state index contributed by atoms with van der Waals surface area (Å²) in [5, 5.41) is 2.81. The van der Waals surface area contributed by atoms with Gasteiger partial charge in [-0.25, -0.2) is 13.6 Å². The van der Waals surface area contributed by atoms with Crippen LogP contribution in [0.5, 0.6) is 0 Å². The number of nitrogens with zero attached hydrogens (tertiary/aromatic N) is 1. The number of hydrogen-bond acceptors (Lipinski definition) is 2. The molecule has 28 heavy (non-hydrogen) atoms. The molecular weight excluding hydrogens is 362 g/mol. The van der Waals surface area contributed by atoms with Crippen molar-refractivity contribution in [1.29, 1.82) is 0 Å². The number of likely N-dealkylation sites (tertiary alicyclic amines) is 1. The first-order valence-electron chi connectivity index (χ1n) is 9.66. The first kappa shape index (κ1) is 20.3. The highest BCUT2D eigenvalue weighted by molar-refractivity contribution is 5.89. The van der Waals surface area contributed by atoms with Crippen LogP contribution in [0.25, 0.3) is 0 Å². The van der Waals surface area contributed by atoms with Gasteiger partial charge < -0.3 is 15.0 Å².